The molecule has 0 aromatic heterocycles. The maximum absolute atomic E-state index is 9.76. The molecule has 0 aliphatic heterocycles. The average Bonchev–Trinajstić information content (AvgIpc) is 2.10. The molecule has 0 aliphatic carbocycles. The van der Waals surface area contributed by atoms with Crippen LogP contribution in [0.1, 0.15) is 25.7 Å². The van der Waals surface area contributed by atoms with Crippen LogP contribution < -0.4 is 0 Å². The number of hydrogen-bond donors (Lipinski definition) is 1. The van der Waals surface area contributed by atoms with Crippen LogP contribution in [-0.2, 0) is 4.79 Å². The van der Waals surface area contributed by atoms with Gasteiger partial charge in [-0.3, -0.25) is 4.79 Å². The Morgan fingerprint density at radius 2 is 1.75 bits per heavy atom. The fourth-order valence-corrected chi connectivity index (χ4v) is 0.685. The van der Waals surface area contributed by atoms with Gasteiger partial charge in [0.05, 0.1) is 0 Å². The highest BCUT2D eigenvalue weighted by Gasteiger charge is 1.81. The molecule has 2 heteroatoms. The van der Waals surface area contributed by atoms with Crippen molar-refractivity contribution < 1.29 is 9.90 Å². The minimum absolute atomic E-state index is 0.0645. The van der Waals surface area contributed by atoms with Crippen molar-refractivity contribution in [3.8, 4) is 23.7 Å². The lowest BCUT2D eigenvalue weighted by atomic mass is 10.2. The molecule has 0 bridgehead atoms. The topological polar surface area (TPSA) is 37.3 Å². The first-order valence-electron chi connectivity index (χ1n) is 3.90. The van der Waals surface area contributed by atoms with Crippen LogP contribution in [0.4, 0.5) is 0 Å². The SMILES string of the molecule is O=CC#CCCCCC#CCO. The molecule has 0 radical (unpaired) electrons. The van der Waals surface area contributed by atoms with Crippen LogP contribution in [0, 0.1) is 23.7 Å². The normalized spacial score (nSPS) is 7.42. The molecule has 64 valence electrons. The first-order valence-corrected chi connectivity index (χ1v) is 3.90. The van der Waals surface area contributed by atoms with Crippen molar-refractivity contribution in [2.75, 3.05) is 6.61 Å². The quantitative estimate of drug-likeness (QED) is 0.379. The second kappa shape index (κ2) is 9.75. The molecule has 0 spiro atoms. The van der Waals surface area contributed by atoms with Gasteiger partial charge in [-0.25, -0.2) is 0 Å². The summed E-state index contributed by atoms with van der Waals surface area (Å²) in [6, 6.07) is 0. The highest BCUT2D eigenvalue weighted by molar-refractivity contribution is 5.72. The summed E-state index contributed by atoms with van der Waals surface area (Å²) in [5.41, 5.74) is 0. The molecule has 0 saturated carbocycles. The largest absolute Gasteiger partial charge is 0.384 e. The lowest BCUT2D eigenvalue weighted by Gasteiger charge is -1.87. The standard InChI is InChI=1S/C10H12O2/c11-9-7-5-3-1-2-4-6-8-10-12/h9,12H,1-4,10H2. The van der Waals surface area contributed by atoms with Gasteiger partial charge < -0.3 is 5.11 Å². The van der Waals surface area contributed by atoms with Gasteiger partial charge in [-0.2, -0.15) is 0 Å². The molecule has 0 saturated heterocycles. The smallest absolute Gasteiger partial charge is 0.192 e. The highest BCUT2D eigenvalue weighted by Crippen LogP contribution is 1.96. The predicted octanol–water partition coefficient (Wildman–Crippen LogP) is 0.745. The number of rotatable bonds is 3. The van der Waals surface area contributed by atoms with Crippen molar-refractivity contribution in [3.05, 3.63) is 0 Å². The zero-order valence-corrected chi connectivity index (χ0v) is 6.97. The van der Waals surface area contributed by atoms with Gasteiger partial charge in [-0.15, -0.1) is 5.92 Å². The molecule has 0 aliphatic rings. The Kier molecular flexibility index (Phi) is 8.73. The third-order valence-corrected chi connectivity index (χ3v) is 1.22. The number of aldehydes is 1. The molecular weight excluding hydrogens is 152 g/mol. The fraction of sp³-hybridized carbons (Fsp3) is 0.500. The minimum Gasteiger partial charge on any atom is -0.384 e. The zero-order valence-electron chi connectivity index (χ0n) is 6.97. The molecule has 0 unspecified atom stereocenters. The molecule has 0 heterocycles. The van der Waals surface area contributed by atoms with Crippen LogP contribution in [0.5, 0.6) is 0 Å². The maximum Gasteiger partial charge on any atom is 0.192 e. The van der Waals surface area contributed by atoms with E-state index in [1.165, 1.54) is 0 Å². The summed E-state index contributed by atoms with van der Waals surface area (Å²) in [4.78, 5) is 9.76. The van der Waals surface area contributed by atoms with E-state index in [9.17, 15) is 4.79 Å². The monoisotopic (exact) mass is 164 g/mol. The van der Waals surface area contributed by atoms with Gasteiger partial charge in [-0.05, 0) is 18.8 Å². The summed E-state index contributed by atoms with van der Waals surface area (Å²) in [6.07, 6.45) is 4.08. The molecule has 0 aromatic rings. The Bertz CT molecular complexity index is 222. The van der Waals surface area contributed by atoms with Crippen molar-refractivity contribution in [1.29, 1.82) is 0 Å². The number of aliphatic hydroxyl groups is 1. The molecule has 0 rings (SSSR count). The van der Waals surface area contributed by atoms with Crippen molar-refractivity contribution in [2.24, 2.45) is 0 Å². The molecular formula is C10H12O2. The summed E-state index contributed by atoms with van der Waals surface area (Å²) in [5, 5.41) is 8.30. The average molecular weight is 164 g/mol. The summed E-state index contributed by atoms with van der Waals surface area (Å²) >= 11 is 0. The van der Waals surface area contributed by atoms with Gasteiger partial charge in [0.1, 0.15) is 6.61 Å². The molecule has 0 atom stereocenters. The zero-order chi connectivity index (χ0) is 9.07. The Labute approximate surface area is 73.0 Å². The van der Waals surface area contributed by atoms with Crippen LogP contribution in [0.15, 0.2) is 0 Å². The van der Waals surface area contributed by atoms with Crippen LogP contribution >= 0.6 is 0 Å². The van der Waals surface area contributed by atoms with E-state index in [1.54, 1.807) is 0 Å². The Hall–Kier alpha value is -1.25. The number of carbonyl (C=O) groups is 1. The van der Waals surface area contributed by atoms with Gasteiger partial charge >= 0.3 is 0 Å². The number of unbranched alkanes of at least 4 members (excludes halogenated alkanes) is 3. The van der Waals surface area contributed by atoms with Crippen molar-refractivity contribution in [3.63, 3.8) is 0 Å². The highest BCUT2D eigenvalue weighted by atomic mass is 16.2. The number of aliphatic hydroxyl groups excluding tert-OH is 1. The number of hydrogen-bond acceptors (Lipinski definition) is 2. The van der Waals surface area contributed by atoms with Crippen LogP contribution in [0.2, 0.25) is 0 Å². The van der Waals surface area contributed by atoms with E-state index < -0.39 is 0 Å². The fourth-order valence-electron chi connectivity index (χ4n) is 0.685. The van der Waals surface area contributed by atoms with Crippen LogP contribution in [0.25, 0.3) is 0 Å². The van der Waals surface area contributed by atoms with Crippen molar-refractivity contribution in [2.45, 2.75) is 25.7 Å². The van der Waals surface area contributed by atoms with E-state index in [0.29, 0.717) is 6.29 Å². The van der Waals surface area contributed by atoms with Crippen LogP contribution in [-0.4, -0.2) is 18.0 Å². The molecule has 2 nitrogen and oxygen atoms in total. The van der Waals surface area contributed by atoms with Crippen molar-refractivity contribution in [1.82, 2.24) is 0 Å². The van der Waals surface area contributed by atoms with E-state index >= 15 is 0 Å². The van der Waals surface area contributed by atoms with E-state index in [1.807, 2.05) is 0 Å². The third kappa shape index (κ3) is 8.75. The lowest BCUT2D eigenvalue weighted by Crippen LogP contribution is -1.75. The van der Waals surface area contributed by atoms with Gasteiger partial charge in [-0.1, -0.05) is 11.8 Å². The second-order valence-corrected chi connectivity index (χ2v) is 2.16. The summed E-state index contributed by atoms with van der Waals surface area (Å²) in [5.74, 6) is 10.4. The second-order valence-electron chi connectivity index (χ2n) is 2.16. The summed E-state index contributed by atoms with van der Waals surface area (Å²) in [7, 11) is 0. The van der Waals surface area contributed by atoms with E-state index in [-0.39, 0.29) is 6.61 Å². The maximum atomic E-state index is 9.76. The van der Waals surface area contributed by atoms with Crippen molar-refractivity contribution >= 4 is 6.29 Å². The minimum atomic E-state index is -0.0645. The summed E-state index contributed by atoms with van der Waals surface area (Å²) in [6.45, 7) is -0.0645. The van der Waals surface area contributed by atoms with E-state index in [4.69, 9.17) is 5.11 Å². The van der Waals surface area contributed by atoms with Gasteiger partial charge in [0, 0.05) is 12.8 Å². The Morgan fingerprint density at radius 1 is 1.08 bits per heavy atom. The van der Waals surface area contributed by atoms with Gasteiger partial charge in [0.15, 0.2) is 6.29 Å². The van der Waals surface area contributed by atoms with E-state index in [2.05, 4.69) is 23.7 Å². The third-order valence-electron chi connectivity index (χ3n) is 1.22. The predicted molar refractivity (Wildman–Crippen MR) is 47.2 cm³/mol. The Morgan fingerprint density at radius 3 is 2.33 bits per heavy atom. The number of carbonyl (C=O) groups excluding carboxylic acids is 1. The lowest BCUT2D eigenvalue weighted by molar-refractivity contribution is -0.103. The van der Waals surface area contributed by atoms with Gasteiger partial charge in [0.25, 0.3) is 0 Å². The molecule has 0 aromatic carbocycles. The Balaban J connectivity index is 3.16. The van der Waals surface area contributed by atoms with Crippen LogP contribution in [0.3, 0.4) is 0 Å². The first kappa shape index (κ1) is 10.8. The molecule has 12 heavy (non-hydrogen) atoms. The summed E-state index contributed by atoms with van der Waals surface area (Å²) < 4.78 is 0. The van der Waals surface area contributed by atoms with E-state index in [0.717, 1.165) is 25.7 Å². The molecule has 1 N–H and O–H groups in total. The van der Waals surface area contributed by atoms with Gasteiger partial charge in [0.2, 0.25) is 0 Å². The molecule has 0 fully saturated rings. The first-order chi connectivity index (χ1) is 5.91. The molecule has 0 amide bonds.